The van der Waals surface area contributed by atoms with Crippen LogP contribution in [0.25, 0.3) is 11.2 Å². The van der Waals surface area contributed by atoms with E-state index in [4.69, 9.17) is 0 Å². The number of imidazole rings is 1. The van der Waals surface area contributed by atoms with Crippen molar-refractivity contribution in [3.8, 4) is 0 Å². The van der Waals surface area contributed by atoms with Crippen LogP contribution in [0.15, 0.2) is 9.59 Å². The first-order valence-electron chi connectivity index (χ1n) is 6.99. The van der Waals surface area contributed by atoms with E-state index in [0.717, 1.165) is 6.42 Å². The number of aromatic nitrogens is 4. The molecule has 21 heavy (non-hydrogen) atoms. The number of nitrogens with zero attached hydrogens (tertiary/aromatic N) is 3. The lowest BCUT2D eigenvalue weighted by molar-refractivity contribution is 0.175. The predicted molar refractivity (Wildman–Crippen MR) is 80.7 cm³/mol. The number of hydrogen-bond donors (Lipinski definition) is 3. The molecule has 0 bridgehead atoms. The largest absolute Gasteiger partial charge is 0.392 e. The van der Waals surface area contributed by atoms with Crippen LogP contribution >= 0.6 is 0 Å². The van der Waals surface area contributed by atoms with Crippen molar-refractivity contribution < 1.29 is 5.11 Å². The average molecular weight is 295 g/mol. The first kappa shape index (κ1) is 15.3. The van der Waals surface area contributed by atoms with Crippen molar-refractivity contribution in [1.29, 1.82) is 0 Å². The summed E-state index contributed by atoms with van der Waals surface area (Å²) in [7, 11) is 1.55. The predicted octanol–water partition coefficient (Wildman–Crippen LogP) is 0.0145. The molecular weight excluding hydrogens is 274 g/mol. The van der Waals surface area contributed by atoms with Crippen LogP contribution in [0.2, 0.25) is 0 Å². The highest BCUT2D eigenvalue weighted by molar-refractivity contribution is 5.74. The maximum atomic E-state index is 12.1. The minimum Gasteiger partial charge on any atom is -0.392 e. The Morgan fingerprint density at radius 3 is 2.62 bits per heavy atom. The SMILES string of the molecule is CC[C@@H](C)Nc1nc2c(c(=O)[nH]c(=O)n2C)n1C[C@@H](C)O. The Morgan fingerprint density at radius 2 is 2.05 bits per heavy atom. The van der Waals surface area contributed by atoms with Crippen LogP contribution in [0, 0.1) is 0 Å². The van der Waals surface area contributed by atoms with E-state index in [0.29, 0.717) is 11.6 Å². The fourth-order valence-corrected chi connectivity index (χ4v) is 2.11. The highest BCUT2D eigenvalue weighted by atomic mass is 16.3. The Bertz CT molecular complexity index is 755. The van der Waals surface area contributed by atoms with Crippen LogP contribution in [0.5, 0.6) is 0 Å². The number of fused-ring (bicyclic) bond motifs is 1. The Labute approximate surface area is 121 Å². The van der Waals surface area contributed by atoms with Crippen LogP contribution in [0.1, 0.15) is 27.2 Å². The summed E-state index contributed by atoms with van der Waals surface area (Å²) in [6, 6.07) is 0.158. The molecule has 0 aliphatic rings. The number of aliphatic hydroxyl groups is 1. The van der Waals surface area contributed by atoms with Gasteiger partial charge in [-0.05, 0) is 20.3 Å². The second kappa shape index (κ2) is 5.72. The van der Waals surface area contributed by atoms with Gasteiger partial charge >= 0.3 is 5.69 Å². The van der Waals surface area contributed by atoms with E-state index in [2.05, 4.69) is 15.3 Å². The minimum absolute atomic E-state index is 0.158. The lowest BCUT2D eigenvalue weighted by atomic mass is 10.3. The molecule has 0 saturated carbocycles. The normalized spacial score (nSPS) is 14.3. The number of hydrogen-bond acceptors (Lipinski definition) is 5. The van der Waals surface area contributed by atoms with Crippen molar-refractivity contribution >= 4 is 17.1 Å². The number of H-pyrrole nitrogens is 1. The number of aryl methyl sites for hydroxylation is 1. The molecule has 0 aliphatic carbocycles. The fourth-order valence-electron chi connectivity index (χ4n) is 2.11. The molecule has 2 atom stereocenters. The topological polar surface area (TPSA) is 105 Å². The van der Waals surface area contributed by atoms with E-state index >= 15 is 0 Å². The van der Waals surface area contributed by atoms with E-state index < -0.39 is 17.4 Å². The number of aliphatic hydroxyl groups excluding tert-OH is 1. The zero-order valence-corrected chi connectivity index (χ0v) is 12.7. The maximum absolute atomic E-state index is 12.1. The molecule has 8 heteroatoms. The molecule has 0 saturated heterocycles. The molecule has 0 aromatic carbocycles. The fraction of sp³-hybridized carbons (Fsp3) is 0.615. The van der Waals surface area contributed by atoms with Crippen LogP contribution in [0.4, 0.5) is 5.95 Å². The summed E-state index contributed by atoms with van der Waals surface area (Å²) in [6.45, 7) is 5.88. The quantitative estimate of drug-likeness (QED) is 0.721. The van der Waals surface area contributed by atoms with Gasteiger partial charge in [0.2, 0.25) is 5.95 Å². The Hall–Kier alpha value is -2.09. The molecule has 2 aromatic rings. The molecule has 0 radical (unpaired) electrons. The molecule has 0 aliphatic heterocycles. The third-order valence-electron chi connectivity index (χ3n) is 3.44. The zero-order chi connectivity index (χ0) is 15.7. The van der Waals surface area contributed by atoms with Crippen LogP contribution in [0.3, 0.4) is 0 Å². The molecule has 0 fully saturated rings. The van der Waals surface area contributed by atoms with Crippen molar-refractivity contribution in [2.24, 2.45) is 7.05 Å². The van der Waals surface area contributed by atoms with Gasteiger partial charge in [0.25, 0.3) is 5.56 Å². The third kappa shape index (κ3) is 2.85. The van der Waals surface area contributed by atoms with Gasteiger partial charge in [0, 0.05) is 13.1 Å². The van der Waals surface area contributed by atoms with Crippen LogP contribution in [-0.2, 0) is 13.6 Å². The Kier molecular flexibility index (Phi) is 4.17. The number of aromatic amines is 1. The highest BCUT2D eigenvalue weighted by Gasteiger charge is 2.19. The first-order valence-corrected chi connectivity index (χ1v) is 6.99. The molecule has 8 nitrogen and oxygen atoms in total. The molecule has 2 rings (SSSR count). The summed E-state index contributed by atoms with van der Waals surface area (Å²) in [5.74, 6) is 0.479. The zero-order valence-electron chi connectivity index (χ0n) is 12.7. The van der Waals surface area contributed by atoms with Crippen molar-refractivity contribution in [1.82, 2.24) is 19.1 Å². The molecule has 0 unspecified atom stereocenters. The highest BCUT2D eigenvalue weighted by Crippen LogP contribution is 2.17. The summed E-state index contributed by atoms with van der Waals surface area (Å²) in [5, 5.41) is 12.9. The lowest BCUT2D eigenvalue weighted by Gasteiger charge is -2.15. The summed E-state index contributed by atoms with van der Waals surface area (Å²) < 4.78 is 2.90. The van der Waals surface area contributed by atoms with Gasteiger partial charge in [-0.15, -0.1) is 0 Å². The van der Waals surface area contributed by atoms with Gasteiger partial charge in [0.05, 0.1) is 12.6 Å². The van der Waals surface area contributed by atoms with Crippen LogP contribution in [-0.4, -0.2) is 36.4 Å². The molecule has 3 N–H and O–H groups in total. The van der Waals surface area contributed by atoms with Crippen molar-refractivity contribution in [3.63, 3.8) is 0 Å². The van der Waals surface area contributed by atoms with Crippen molar-refractivity contribution in [3.05, 3.63) is 20.8 Å². The molecular formula is C13H21N5O3. The maximum Gasteiger partial charge on any atom is 0.329 e. The lowest BCUT2D eigenvalue weighted by Crippen LogP contribution is -2.30. The number of nitrogens with one attached hydrogen (secondary N) is 2. The van der Waals surface area contributed by atoms with Gasteiger partial charge in [-0.1, -0.05) is 6.92 Å². The van der Waals surface area contributed by atoms with Gasteiger partial charge in [0.1, 0.15) is 0 Å². The second-order valence-corrected chi connectivity index (χ2v) is 5.34. The van der Waals surface area contributed by atoms with E-state index in [1.54, 1.807) is 18.5 Å². The first-order chi connectivity index (χ1) is 9.85. The molecule has 0 spiro atoms. The van der Waals surface area contributed by atoms with Gasteiger partial charge in [-0.25, -0.2) is 4.79 Å². The minimum atomic E-state index is -0.642. The Balaban J connectivity index is 2.72. The third-order valence-corrected chi connectivity index (χ3v) is 3.44. The van der Waals surface area contributed by atoms with Crippen molar-refractivity contribution in [2.75, 3.05) is 5.32 Å². The molecule has 116 valence electrons. The summed E-state index contributed by atoms with van der Waals surface area (Å²) in [4.78, 5) is 30.4. The number of rotatable bonds is 5. The monoisotopic (exact) mass is 295 g/mol. The standard InChI is InChI=1S/C13H21N5O3/c1-5-7(2)14-12-15-10-9(18(12)6-8(3)19)11(20)16-13(21)17(10)4/h7-8,19H,5-6H2,1-4H3,(H,14,15)(H,16,20,21)/t7-,8-/m1/s1. The number of anilines is 1. The molecule has 2 heterocycles. The van der Waals surface area contributed by atoms with Crippen molar-refractivity contribution in [2.45, 2.75) is 45.9 Å². The van der Waals surface area contributed by atoms with E-state index in [1.807, 2.05) is 13.8 Å². The van der Waals surface area contributed by atoms with E-state index in [-0.39, 0.29) is 18.1 Å². The molecule has 2 aromatic heterocycles. The summed E-state index contributed by atoms with van der Waals surface area (Å²) >= 11 is 0. The van der Waals surface area contributed by atoms with Crippen LogP contribution < -0.4 is 16.6 Å². The Morgan fingerprint density at radius 1 is 1.38 bits per heavy atom. The summed E-state index contributed by atoms with van der Waals surface area (Å²) in [6.07, 6.45) is 0.240. The van der Waals surface area contributed by atoms with E-state index in [1.165, 1.54) is 4.57 Å². The molecule has 0 amide bonds. The van der Waals surface area contributed by atoms with Gasteiger partial charge < -0.3 is 15.0 Å². The van der Waals surface area contributed by atoms with Gasteiger partial charge in [-0.2, -0.15) is 4.98 Å². The second-order valence-electron chi connectivity index (χ2n) is 5.34. The average Bonchev–Trinajstić information content (AvgIpc) is 2.74. The van der Waals surface area contributed by atoms with Gasteiger partial charge in [-0.3, -0.25) is 14.3 Å². The smallest absolute Gasteiger partial charge is 0.329 e. The van der Waals surface area contributed by atoms with Gasteiger partial charge in [0.15, 0.2) is 11.2 Å². The summed E-state index contributed by atoms with van der Waals surface area (Å²) in [5.41, 5.74) is -0.429. The van der Waals surface area contributed by atoms with E-state index in [9.17, 15) is 14.7 Å².